The summed E-state index contributed by atoms with van der Waals surface area (Å²) < 4.78 is 2.53. The van der Waals surface area contributed by atoms with Crippen LogP contribution in [0.2, 0.25) is 0 Å². The summed E-state index contributed by atoms with van der Waals surface area (Å²) in [5, 5.41) is 2.54. The van der Waals surface area contributed by atoms with Gasteiger partial charge in [-0.2, -0.15) is 0 Å². The number of hydrogen-bond donors (Lipinski definition) is 0. The number of benzene rings is 7. The summed E-state index contributed by atoms with van der Waals surface area (Å²) in [6.45, 7) is 4.71. The minimum atomic E-state index is -0.212. The number of nitrogens with zero attached hydrogens (tertiary/aromatic N) is 2. The third-order valence-electron chi connectivity index (χ3n) is 10.7. The Kier molecular flexibility index (Phi) is 7.06. The average molecular weight is 683 g/mol. The molecule has 0 unspecified atom stereocenters. The highest BCUT2D eigenvalue weighted by Gasteiger charge is 2.38. The van der Waals surface area contributed by atoms with E-state index in [0.717, 1.165) is 45.0 Å². The Morgan fingerprint density at radius 3 is 1.79 bits per heavy atom. The molecule has 0 bridgehead atoms. The molecule has 0 saturated heterocycles. The quantitative estimate of drug-likeness (QED) is 0.181. The maximum Gasteiger partial charge on any atom is 0.160 e. The Morgan fingerprint density at radius 2 is 1.00 bits per heavy atom. The SMILES string of the molecule is CC1(C)c2cc(-c3nc(-c4ccccc4-c4ccccc4)cc(-c4cccc5c4sc4ccccc45)n3)ccc2-c2cccc(-c3ccccc3)c21. The summed E-state index contributed by atoms with van der Waals surface area (Å²) in [7, 11) is 0. The van der Waals surface area contributed by atoms with Gasteiger partial charge in [-0.3, -0.25) is 0 Å². The van der Waals surface area contributed by atoms with E-state index in [1.54, 1.807) is 0 Å². The van der Waals surface area contributed by atoms with Crippen molar-refractivity contribution in [3.05, 3.63) is 181 Å². The van der Waals surface area contributed by atoms with Crippen molar-refractivity contribution in [2.24, 2.45) is 0 Å². The number of thiophene rings is 1. The van der Waals surface area contributed by atoms with Gasteiger partial charge in [0.15, 0.2) is 5.82 Å². The van der Waals surface area contributed by atoms with Gasteiger partial charge >= 0.3 is 0 Å². The molecule has 7 aromatic carbocycles. The molecule has 246 valence electrons. The Hall–Kier alpha value is -6.16. The third kappa shape index (κ3) is 4.85. The lowest BCUT2D eigenvalue weighted by Gasteiger charge is -2.25. The lowest BCUT2D eigenvalue weighted by Crippen LogP contribution is -2.16. The second-order valence-electron chi connectivity index (χ2n) is 14.1. The molecule has 10 rings (SSSR count). The summed E-state index contributed by atoms with van der Waals surface area (Å²) in [4.78, 5) is 10.8. The molecule has 2 nitrogen and oxygen atoms in total. The number of rotatable bonds is 5. The summed E-state index contributed by atoms with van der Waals surface area (Å²) in [5.41, 5.74) is 15.0. The van der Waals surface area contributed by atoms with E-state index in [9.17, 15) is 0 Å². The fraction of sp³-hybridized carbons (Fsp3) is 0.0612. The van der Waals surface area contributed by atoms with Crippen LogP contribution in [-0.4, -0.2) is 9.97 Å². The van der Waals surface area contributed by atoms with Gasteiger partial charge in [0.2, 0.25) is 0 Å². The van der Waals surface area contributed by atoms with Gasteiger partial charge in [-0.15, -0.1) is 11.3 Å². The number of hydrogen-bond acceptors (Lipinski definition) is 3. The van der Waals surface area contributed by atoms with Crippen LogP contribution >= 0.6 is 11.3 Å². The van der Waals surface area contributed by atoms with Gasteiger partial charge in [0.1, 0.15) is 0 Å². The second kappa shape index (κ2) is 12.0. The van der Waals surface area contributed by atoms with Crippen LogP contribution in [0.1, 0.15) is 25.0 Å². The molecule has 9 aromatic rings. The lowest BCUT2D eigenvalue weighted by atomic mass is 9.78. The van der Waals surface area contributed by atoms with Gasteiger partial charge in [-0.05, 0) is 62.7 Å². The molecular formula is C49H34N2S. The summed E-state index contributed by atoms with van der Waals surface area (Å²) in [6, 6.07) is 61.0. The maximum atomic E-state index is 5.41. The van der Waals surface area contributed by atoms with Crippen molar-refractivity contribution in [2.45, 2.75) is 19.3 Å². The van der Waals surface area contributed by atoms with Crippen molar-refractivity contribution < 1.29 is 0 Å². The van der Waals surface area contributed by atoms with Crippen molar-refractivity contribution in [2.75, 3.05) is 0 Å². The molecule has 2 heterocycles. The molecule has 0 amide bonds. The molecule has 52 heavy (non-hydrogen) atoms. The van der Waals surface area contributed by atoms with Crippen molar-refractivity contribution in [3.63, 3.8) is 0 Å². The van der Waals surface area contributed by atoms with E-state index in [0.29, 0.717) is 0 Å². The largest absolute Gasteiger partial charge is 0.228 e. The van der Waals surface area contributed by atoms with E-state index in [1.807, 2.05) is 11.3 Å². The van der Waals surface area contributed by atoms with Gasteiger partial charge in [-0.25, -0.2) is 9.97 Å². The van der Waals surface area contributed by atoms with E-state index in [1.165, 1.54) is 53.6 Å². The zero-order chi connectivity index (χ0) is 34.8. The van der Waals surface area contributed by atoms with Gasteiger partial charge in [0.05, 0.1) is 11.4 Å². The van der Waals surface area contributed by atoms with E-state index in [2.05, 4.69) is 184 Å². The predicted octanol–water partition coefficient (Wildman–Crippen LogP) is 13.5. The molecule has 0 atom stereocenters. The molecule has 3 heteroatoms. The van der Waals surface area contributed by atoms with Crippen LogP contribution in [0.4, 0.5) is 0 Å². The fourth-order valence-electron chi connectivity index (χ4n) is 8.26. The highest BCUT2D eigenvalue weighted by Crippen LogP contribution is 2.53. The zero-order valence-electron chi connectivity index (χ0n) is 29.0. The van der Waals surface area contributed by atoms with E-state index in [-0.39, 0.29) is 5.41 Å². The summed E-state index contributed by atoms with van der Waals surface area (Å²) in [6.07, 6.45) is 0. The Labute approximate surface area is 307 Å². The Bertz CT molecular complexity index is 2810. The number of aromatic nitrogens is 2. The van der Waals surface area contributed by atoms with Gasteiger partial charge in [-0.1, -0.05) is 166 Å². The van der Waals surface area contributed by atoms with Crippen LogP contribution in [-0.2, 0) is 5.41 Å². The van der Waals surface area contributed by atoms with Gasteiger partial charge in [0, 0.05) is 42.3 Å². The standard InChI is InChI=1S/C49H34N2S/c1-49(2)42-29-33(27-28-36(42)39-23-13-22-35(46(39)49)32-17-7-4-8-18-32)48-50-43(37-20-10-9-19-34(37)31-15-5-3-6-16-31)30-44(51-48)41-25-14-24-40-38-21-11-12-26-45(38)52-47(40)41/h3-30H,1-2H3. The summed E-state index contributed by atoms with van der Waals surface area (Å²) >= 11 is 1.83. The van der Waals surface area contributed by atoms with Crippen molar-refractivity contribution in [3.8, 4) is 67.3 Å². The Balaban J connectivity index is 1.19. The minimum absolute atomic E-state index is 0.212. The fourth-order valence-corrected chi connectivity index (χ4v) is 9.48. The molecule has 0 radical (unpaired) electrons. The molecule has 1 aliphatic rings. The van der Waals surface area contributed by atoms with Crippen molar-refractivity contribution in [1.29, 1.82) is 0 Å². The first-order valence-corrected chi connectivity index (χ1v) is 18.6. The normalized spacial score (nSPS) is 13.0. The third-order valence-corrected chi connectivity index (χ3v) is 11.9. The van der Waals surface area contributed by atoms with E-state index < -0.39 is 0 Å². The van der Waals surface area contributed by atoms with Crippen LogP contribution in [0.5, 0.6) is 0 Å². The monoisotopic (exact) mass is 682 g/mol. The van der Waals surface area contributed by atoms with Crippen LogP contribution < -0.4 is 0 Å². The lowest BCUT2D eigenvalue weighted by molar-refractivity contribution is 0.662. The minimum Gasteiger partial charge on any atom is -0.228 e. The van der Waals surface area contributed by atoms with Crippen molar-refractivity contribution in [1.82, 2.24) is 9.97 Å². The maximum absolute atomic E-state index is 5.41. The van der Waals surface area contributed by atoms with Gasteiger partial charge in [0.25, 0.3) is 0 Å². The highest BCUT2D eigenvalue weighted by atomic mass is 32.1. The zero-order valence-corrected chi connectivity index (χ0v) is 29.8. The number of fused-ring (bicyclic) bond motifs is 6. The van der Waals surface area contributed by atoms with E-state index in [4.69, 9.17) is 9.97 Å². The molecular weight excluding hydrogens is 649 g/mol. The predicted molar refractivity (Wildman–Crippen MR) is 220 cm³/mol. The first-order chi connectivity index (χ1) is 25.5. The molecule has 2 aromatic heterocycles. The molecule has 1 aliphatic carbocycles. The van der Waals surface area contributed by atoms with Gasteiger partial charge < -0.3 is 0 Å². The van der Waals surface area contributed by atoms with Crippen LogP contribution in [0.15, 0.2) is 170 Å². The summed E-state index contributed by atoms with van der Waals surface area (Å²) in [5.74, 6) is 0.728. The topological polar surface area (TPSA) is 25.8 Å². The molecule has 0 saturated carbocycles. The first kappa shape index (κ1) is 30.6. The highest BCUT2D eigenvalue weighted by molar-refractivity contribution is 7.26. The van der Waals surface area contributed by atoms with Crippen LogP contribution in [0.3, 0.4) is 0 Å². The molecule has 0 spiro atoms. The van der Waals surface area contributed by atoms with Crippen molar-refractivity contribution >= 4 is 31.5 Å². The smallest absolute Gasteiger partial charge is 0.160 e. The average Bonchev–Trinajstić information content (AvgIpc) is 3.70. The second-order valence-corrected chi connectivity index (χ2v) is 15.2. The van der Waals surface area contributed by atoms with Crippen LogP contribution in [0.25, 0.3) is 87.5 Å². The molecule has 0 aliphatic heterocycles. The van der Waals surface area contributed by atoms with Crippen LogP contribution in [0, 0.1) is 0 Å². The van der Waals surface area contributed by atoms with E-state index >= 15 is 0 Å². The first-order valence-electron chi connectivity index (χ1n) is 17.8. The molecule has 0 fully saturated rings. The molecule has 0 N–H and O–H groups in total. The Morgan fingerprint density at radius 1 is 0.423 bits per heavy atom.